The van der Waals surface area contributed by atoms with E-state index in [9.17, 15) is 14.7 Å². The second kappa shape index (κ2) is 5.99. The van der Waals surface area contributed by atoms with E-state index in [1.165, 1.54) is 0 Å². The molecule has 0 radical (unpaired) electrons. The van der Waals surface area contributed by atoms with Gasteiger partial charge in [0.25, 0.3) is 0 Å². The lowest BCUT2D eigenvalue weighted by molar-refractivity contribution is -0.144. The van der Waals surface area contributed by atoms with Gasteiger partial charge in [0.05, 0.1) is 0 Å². The fourth-order valence-corrected chi connectivity index (χ4v) is 2.52. The smallest absolute Gasteiger partial charge is 0.408 e. The van der Waals surface area contributed by atoms with Gasteiger partial charge in [-0.2, -0.15) is 0 Å². The van der Waals surface area contributed by atoms with Crippen LogP contribution in [0.5, 0.6) is 0 Å². The molecule has 5 heteroatoms. The Bertz CT molecular complexity index is 563. The molecule has 0 saturated heterocycles. The number of hydrogen-bond donors (Lipinski definition) is 2. The SMILES string of the molecule is CC1=C(C)CC(NC(=O)OCc2ccccc2)(C(=O)O)C1. The lowest BCUT2D eigenvalue weighted by Gasteiger charge is -2.25. The maximum Gasteiger partial charge on any atom is 0.408 e. The predicted molar refractivity (Wildman–Crippen MR) is 77.7 cm³/mol. The largest absolute Gasteiger partial charge is 0.479 e. The normalized spacial score (nSPS) is 16.7. The van der Waals surface area contributed by atoms with Crippen molar-refractivity contribution in [3.05, 3.63) is 47.0 Å². The molecule has 0 atom stereocenters. The monoisotopic (exact) mass is 289 g/mol. The van der Waals surface area contributed by atoms with Crippen LogP contribution in [-0.2, 0) is 16.1 Å². The molecule has 2 rings (SSSR count). The van der Waals surface area contributed by atoms with Crippen molar-refractivity contribution in [1.29, 1.82) is 0 Å². The molecule has 0 unspecified atom stereocenters. The van der Waals surface area contributed by atoms with Gasteiger partial charge in [0.15, 0.2) is 0 Å². The number of nitrogens with one attached hydrogen (secondary N) is 1. The molecule has 1 aromatic carbocycles. The fraction of sp³-hybridized carbons (Fsp3) is 0.375. The molecule has 21 heavy (non-hydrogen) atoms. The number of hydrogen-bond acceptors (Lipinski definition) is 3. The molecule has 1 amide bonds. The minimum Gasteiger partial charge on any atom is -0.479 e. The minimum atomic E-state index is -1.28. The molecule has 2 N–H and O–H groups in total. The summed E-state index contributed by atoms with van der Waals surface area (Å²) in [5.74, 6) is -1.03. The van der Waals surface area contributed by atoms with E-state index in [1.807, 2.05) is 44.2 Å². The fourth-order valence-electron chi connectivity index (χ4n) is 2.52. The third kappa shape index (κ3) is 3.42. The Morgan fingerprint density at radius 3 is 2.29 bits per heavy atom. The highest BCUT2D eigenvalue weighted by molar-refractivity contribution is 5.86. The number of carboxylic acids is 1. The average molecular weight is 289 g/mol. The number of benzene rings is 1. The van der Waals surface area contributed by atoms with Gasteiger partial charge in [-0.05, 0) is 19.4 Å². The molecule has 0 bridgehead atoms. The Kier molecular flexibility index (Phi) is 4.31. The molecular formula is C16H19NO4. The van der Waals surface area contributed by atoms with Crippen LogP contribution in [0.4, 0.5) is 4.79 Å². The van der Waals surface area contributed by atoms with Crippen LogP contribution in [0.25, 0.3) is 0 Å². The number of rotatable bonds is 4. The summed E-state index contributed by atoms with van der Waals surface area (Å²) in [6, 6.07) is 9.25. The molecule has 0 aliphatic heterocycles. The Morgan fingerprint density at radius 1 is 1.19 bits per heavy atom. The van der Waals surface area contributed by atoms with E-state index in [4.69, 9.17) is 4.74 Å². The number of aliphatic carboxylic acids is 1. The number of amides is 1. The van der Waals surface area contributed by atoms with Gasteiger partial charge in [-0.15, -0.1) is 0 Å². The van der Waals surface area contributed by atoms with Crippen LogP contribution in [0.2, 0.25) is 0 Å². The first kappa shape index (κ1) is 15.1. The van der Waals surface area contributed by atoms with Crippen LogP contribution >= 0.6 is 0 Å². The summed E-state index contributed by atoms with van der Waals surface area (Å²) in [5.41, 5.74) is 1.58. The zero-order chi connectivity index (χ0) is 15.5. The second-order valence-corrected chi connectivity index (χ2v) is 5.49. The van der Waals surface area contributed by atoms with E-state index in [2.05, 4.69) is 5.32 Å². The Morgan fingerprint density at radius 2 is 1.76 bits per heavy atom. The topological polar surface area (TPSA) is 75.6 Å². The van der Waals surface area contributed by atoms with Crippen molar-refractivity contribution in [2.75, 3.05) is 0 Å². The van der Waals surface area contributed by atoms with Crippen LogP contribution in [0.1, 0.15) is 32.3 Å². The van der Waals surface area contributed by atoms with Crippen molar-refractivity contribution < 1.29 is 19.4 Å². The third-order valence-electron chi connectivity index (χ3n) is 3.83. The first-order valence-electron chi connectivity index (χ1n) is 6.80. The number of ether oxygens (including phenoxy) is 1. The van der Waals surface area contributed by atoms with Crippen molar-refractivity contribution in [1.82, 2.24) is 5.32 Å². The summed E-state index contributed by atoms with van der Waals surface area (Å²) in [6.45, 7) is 3.89. The first-order valence-corrected chi connectivity index (χ1v) is 6.80. The highest BCUT2D eigenvalue weighted by Crippen LogP contribution is 2.34. The highest BCUT2D eigenvalue weighted by Gasteiger charge is 2.44. The van der Waals surface area contributed by atoms with Crippen LogP contribution < -0.4 is 5.32 Å². The maximum absolute atomic E-state index is 11.9. The van der Waals surface area contributed by atoms with Crippen molar-refractivity contribution >= 4 is 12.1 Å². The van der Waals surface area contributed by atoms with Crippen LogP contribution in [0.3, 0.4) is 0 Å². The van der Waals surface area contributed by atoms with E-state index in [1.54, 1.807) is 0 Å². The van der Waals surface area contributed by atoms with Crippen LogP contribution in [0, 0.1) is 0 Å². The van der Waals surface area contributed by atoms with Gasteiger partial charge in [0.2, 0.25) is 0 Å². The van der Waals surface area contributed by atoms with Gasteiger partial charge in [0.1, 0.15) is 12.1 Å². The summed E-state index contributed by atoms with van der Waals surface area (Å²) < 4.78 is 5.10. The third-order valence-corrected chi connectivity index (χ3v) is 3.83. The van der Waals surface area contributed by atoms with Crippen molar-refractivity contribution in [3.8, 4) is 0 Å². The molecule has 0 heterocycles. The molecule has 112 valence electrons. The molecule has 1 aliphatic carbocycles. The summed E-state index contributed by atoms with van der Waals surface area (Å²) >= 11 is 0. The summed E-state index contributed by atoms with van der Waals surface area (Å²) in [6.07, 6.45) is -0.0767. The first-order chi connectivity index (χ1) is 9.93. The molecule has 0 fully saturated rings. The molecular weight excluding hydrogens is 270 g/mol. The van der Waals surface area contributed by atoms with Gasteiger partial charge in [0, 0.05) is 12.8 Å². The van der Waals surface area contributed by atoms with Crippen LogP contribution in [0.15, 0.2) is 41.5 Å². The zero-order valence-corrected chi connectivity index (χ0v) is 12.2. The molecule has 5 nitrogen and oxygen atoms in total. The molecule has 0 saturated carbocycles. The predicted octanol–water partition coefficient (Wildman–Crippen LogP) is 2.87. The standard InChI is InChI=1S/C16H19NO4/c1-11-8-16(14(18)19,9-12(11)2)17-15(20)21-10-13-6-4-3-5-7-13/h3-7H,8-10H2,1-2H3,(H,17,20)(H,18,19). The summed E-state index contributed by atoms with van der Waals surface area (Å²) in [4.78, 5) is 23.4. The summed E-state index contributed by atoms with van der Waals surface area (Å²) in [7, 11) is 0. The second-order valence-electron chi connectivity index (χ2n) is 5.49. The maximum atomic E-state index is 11.9. The van der Waals surface area contributed by atoms with Gasteiger partial charge in [-0.3, -0.25) is 0 Å². The van der Waals surface area contributed by atoms with Gasteiger partial charge >= 0.3 is 12.1 Å². The van der Waals surface area contributed by atoms with E-state index >= 15 is 0 Å². The minimum absolute atomic E-state index is 0.119. The van der Waals surface area contributed by atoms with Crippen molar-refractivity contribution in [2.45, 2.75) is 38.8 Å². The van der Waals surface area contributed by atoms with E-state index in [0.717, 1.165) is 16.7 Å². The quantitative estimate of drug-likeness (QED) is 0.836. The van der Waals surface area contributed by atoms with Gasteiger partial charge < -0.3 is 15.2 Å². The summed E-state index contributed by atoms with van der Waals surface area (Å²) in [5, 5.41) is 12.0. The highest BCUT2D eigenvalue weighted by atomic mass is 16.5. The average Bonchev–Trinajstić information content (AvgIpc) is 2.74. The lowest BCUT2D eigenvalue weighted by atomic mass is 9.95. The van der Waals surface area contributed by atoms with Crippen molar-refractivity contribution in [3.63, 3.8) is 0 Å². The number of carbonyl (C=O) groups is 2. The Hall–Kier alpha value is -2.30. The van der Waals surface area contributed by atoms with E-state index < -0.39 is 17.6 Å². The Balaban J connectivity index is 1.96. The molecule has 0 spiro atoms. The molecule has 1 aromatic rings. The van der Waals surface area contributed by atoms with E-state index in [0.29, 0.717) is 12.8 Å². The number of carbonyl (C=O) groups excluding carboxylic acids is 1. The molecule has 0 aromatic heterocycles. The number of carboxylic acid groups (broad SMARTS) is 1. The zero-order valence-electron chi connectivity index (χ0n) is 12.2. The van der Waals surface area contributed by atoms with Gasteiger partial charge in [-0.1, -0.05) is 41.5 Å². The molecule has 1 aliphatic rings. The lowest BCUT2D eigenvalue weighted by Crippen LogP contribution is -2.53. The number of alkyl carbamates (subject to hydrolysis) is 1. The van der Waals surface area contributed by atoms with Crippen LogP contribution in [-0.4, -0.2) is 22.7 Å². The van der Waals surface area contributed by atoms with Gasteiger partial charge in [-0.25, -0.2) is 9.59 Å². The van der Waals surface area contributed by atoms with E-state index in [-0.39, 0.29) is 6.61 Å². The van der Waals surface area contributed by atoms with Crippen molar-refractivity contribution in [2.24, 2.45) is 0 Å². The Labute approximate surface area is 123 Å².